The highest BCUT2D eigenvalue weighted by molar-refractivity contribution is 5.48. The molecule has 1 unspecified atom stereocenters. The summed E-state index contributed by atoms with van der Waals surface area (Å²) >= 11 is 0. The van der Waals surface area contributed by atoms with Gasteiger partial charge in [-0.2, -0.15) is 0 Å². The highest BCUT2D eigenvalue weighted by Crippen LogP contribution is 2.34. The second-order valence-corrected chi connectivity index (χ2v) is 6.66. The lowest BCUT2D eigenvalue weighted by molar-refractivity contribution is 0.140. The Hall–Kier alpha value is -1.02. The largest absolute Gasteiger partial charge is 0.354 e. The molecule has 1 aromatic carbocycles. The van der Waals surface area contributed by atoms with Gasteiger partial charge in [0, 0.05) is 25.3 Å². The molecule has 1 fully saturated rings. The maximum absolute atomic E-state index is 2.66. The molecule has 0 bridgehead atoms. The second kappa shape index (κ2) is 5.96. The van der Waals surface area contributed by atoms with Gasteiger partial charge in [0.05, 0.1) is 6.17 Å². The summed E-state index contributed by atoms with van der Waals surface area (Å²) < 4.78 is 0. The fraction of sp³-hybridized carbons (Fsp3) is 0.647. The molecule has 0 spiro atoms. The maximum Gasteiger partial charge on any atom is 0.0870 e. The lowest BCUT2D eigenvalue weighted by atomic mass is 9.90. The van der Waals surface area contributed by atoms with Crippen LogP contribution in [0, 0.1) is 5.41 Å². The van der Waals surface area contributed by atoms with Crippen molar-refractivity contribution in [2.75, 3.05) is 24.5 Å². The summed E-state index contributed by atoms with van der Waals surface area (Å²) in [5.74, 6) is 0. The first kappa shape index (κ1) is 14.4. The highest BCUT2D eigenvalue weighted by Gasteiger charge is 2.39. The quantitative estimate of drug-likeness (QED) is 0.808. The average molecular weight is 260 g/mol. The molecule has 0 saturated carbocycles. The van der Waals surface area contributed by atoms with E-state index < -0.39 is 0 Å². The number of nitrogens with zero attached hydrogens (tertiary/aromatic N) is 2. The third kappa shape index (κ3) is 3.30. The van der Waals surface area contributed by atoms with Crippen molar-refractivity contribution < 1.29 is 0 Å². The van der Waals surface area contributed by atoms with Crippen LogP contribution in [-0.4, -0.2) is 30.7 Å². The van der Waals surface area contributed by atoms with Gasteiger partial charge in [0.25, 0.3) is 0 Å². The Labute approximate surface area is 118 Å². The zero-order valence-corrected chi connectivity index (χ0v) is 12.9. The lowest BCUT2D eigenvalue weighted by Crippen LogP contribution is -2.48. The van der Waals surface area contributed by atoms with Crippen LogP contribution < -0.4 is 4.90 Å². The van der Waals surface area contributed by atoms with Crippen LogP contribution in [0.5, 0.6) is 0 Å². The van der Waals surface area contributed by atoms with Crippen LogP contribution in [0.4, 0.5) is 5.69 Å². The van der Waals surface area contributed by atoms with E-state index in [1.165, 1.54) is 31.6 Å². The monoisotopic (exact) mass is 260 g/mol. The third-order valence-corrected chi connectivity index (χ3v) is 3.93. The third-order valence-electron chi connectivity index (χ3n) is 3.93. The van der Waals surface area contributed by atoms with Crippen molar-refractivity contribution in [3.63, 3.8) is 0 Å². The summed E-state index contributed by atoms with van der Waals surface area (Å²) in [5, 5.41) is 0. The van der Waals surface area contributed by atoms with Crippen LogP contribution in [0.25, 0.3) is 0 Å². The van der Waals surface area contributed by atoms with Crippen LogP contribution >= 0.6 is 0 Å². The summed E-state index contributed by atoms with van der Waals surface area (Å²) in [6.45, 7) is 12.9. The fourth-order valence-electron chi connectivity index (χ4n) is 3.18. The molecule has 0 radical (unpaired) electrons. The summed E-state index contributed by atoms with van der Waals surface area (Å²) in [4.78, 5) is 5.24. The maximum atomic E-state index is 2.66. The molecule has 0 N–H and O–H groups in total. The van der Waals surface area contributed by atoms with Gasteiger partial charge in [-0.25, -0.2) is 0 Å². The van der Waals surface area contributed by atoms with E-state index in [9.17, 15) is 0 Å². The molecule has 1 aliphatic rings. The number of hydrogen-bond acceptors (Lipinski definition) is 2. The standard InChI is InChI=1S/C17H28N2/c1-5-6-12-18-13-14-19(16(18)17(2,3)4)15-10-8-7-9-11-15/h7-11,16H,5-6,12-14H2,1-4H3. The molecule has 0 amide bonds. The van der Waals surface area contributed by atoms with Gasteiger partial charge in [0.15, 0.2) is 0 Å². The van der Waals surface area contributed by atoms with Crippen molar-refractivity contribution in [3.05, 3.63) is 30.3 Å². The van der Waals surface area contributed by atoms with Crippen LogP contribution in [-0.2, 0) is 0 Å². The van der Waals surface area contributed by atoms with Crippen molar-refractivity contribution >= 4 is 5.69 Å². The van der Waals surface area contributed by atoms with Gasteiger partial charge in [-0.1, -0.05) is 52.3 Å². The Morgan fingerprint density at radius 3 is 2.37 bits per heavy atom. The lowest BCUT2D eigenvalue weighted by Gasteiger charge is -2.41. The number of benzene rings is 1. The Morgan fingerprint density at radius 2 is 1.79 bits per heavy atom. The molecular weight excluding hydrogens is 232 g/mol. The number of unbranched alkanes of at least 4 members (excludes halogenated alkanes) is 1. The van der Waals surface area contributed by atoms with E-state index in [2.05, 4.69) is 67.8 Å². The Bertz CT molecular complexity index is 380. The summed E-state index contributed by atoms with van der Waals surface area (Å²) in [6.07, 6.45) is 3.09. The van der Waals surface area contributed by atoms with Crippen LogP contribution in [0.3, 0.4) is 0 Å². The average Bonchev–Trinajstić information content (AvgIpc) is 2.81. The Morgan fingerprint density at radius 1 is 1.11 bits per heavy atom. The normalized spacial score (nSPS) is 21.1. The minimum atomic E-state index is 0.278. The van der Waals surface area contributed by atoms with Gasteiger partial charge in [-0.15, -0.1) is 0 Å². The number of hydrogen-bond donors (Lipinski definition) is 0. The van der Waals surface area contributed by atoms with Crippen LogP contribution in [0.15, 0.2) is 30.3 Å². The zero-order chi connectivity index (χ0) is 13.9. The van der Waals surface area contributed by atoms with E-state index in [-0.39, 0.29) is 5.41 Å². The minimum absolute atomic E-state index is 0.278. The van der Waals surface area contributed by atoms with Crippen LogP contribution in [0.1, 0.15) is 40.5 Å². The highest BCUT2D eigenvalue weighted by atomic mass is 15.4. The minimum Gasteiger partial charge on any atom is -0.354 e. The zero-order valence-electron chi connectivity index (χ0n) is 12.9. The van der Waals surface area contributed by atoms with Crippen LogP contribution in [0.2, 0.25) is 0 Å². The number of para-hydroxylation sites is 1. The SMILES string of the molecule is CCCCN1CCN(c2ccccc2)C1C(C)(C)C. The van der Waals surface area contributed by atoms with Gasteiger partial charge in [0.1, 0.15) is 0 Å². The first-order valence-electron chi connectivity index (χ1n) is 7.60. The second-order valence-electron chi connectivity index (χ2n) is 6.66. The molecule has 1 aliphatic heterocycles. The topological polar surface area (TPSA) is 6.48 Å². The van der Waals surface area contributed by atoms with Gasteiger partial charge in [0.2, 0.25) is 0 Å². The molecule has 1 aromatic rings. The van der Waals surface area contributed by atoms with Gasteiger partial charge >= 0.3 is 0 Å². The molecule has 106 valence electrons. The fourth-order valence-corrected chi connectivity index (χ4v) is 3.18. The van der Waals surface area contributed by atoms with Crippen molar-refractivity contribution in [2.24, 2.45) is 5.41 Å². The van der Waals surface area contributed by atoms with E-state index in [0.717, 1.165) is 6.54 Å². The van der Waals surface area contributed by atoms with Crippen molar-refractivity contribution in [1.82, 2.24) is 4.90 Å². The van der Waals surface area contributed by atoms with E-state index in [4.69, 9.17) is 0 Å². The summed E-state index contributed by atoms with van der Waals surface area (Å²) in [5.41, 5.74) is 1.64. The van der Waals surface area contributed by atoms with Crippen molar-refractivity contribution in [3.8, 4) is 0 Å². The summed E-state index contributed by atoms with van der Waals surface area (Å²) in [6, 6.07) is 10.9. The molecule has 1 saturated heterocycles. The molecule has 0 aromatic heterocycles. The van der Waals surface area contributed by atoms with Crippen molar-refractivity contribution in [2.45, 2.75) is 46.7 Å². The first-order valence-corrected chi connectivity index (χ1v) is 7.60. The molecule has 1 atom stereocenters. The Balaban J connectivity index is 2.20. The van der Waals surface area contributed by atoms with Crippen molar-refractivity contribution in [1.29, 1.82) is 0 Å². The van der Waals surface area contributed by atoms with E-state index >= 15 is 0 Å². The first-order chi connectivity index (χ1) is 9.04. The molecule has 0 aliphatic carbocycles. The van der Waals surface area contributed by atoms with Gasteiger partial charge < -0.3 is 4.90 Å². The van der Waals surface area contributed by atoms with Gasteiger partial charge in [-0.05, 0) is 24.0 Å². The molecular formula is C17H28N2. The molecule has 2 rings (SSSR count). The molecule has 2 heteroatoms. The Kier molecular flexibility index (Phi) is 4.51. The molecule has 19 heavy (non-hydrogen) atoms. The van der Waals surface area contributed by atoms with E-state index in [1.54, 1.807) is 0 Å². The van der Waals surface area contributed by atoms with E-state index in [1.807, 2.05) is 0 Å². The predicted octanol–water partition coefficient (Wildman–Crippen LogP) is 3.98. The molecule has 2 nitrogen and oxygen atoms in total. The van der Waals surface area contributed by atoms with E-state index in [0.29, 0.717) is 6.17 Å². The summed E-state index contributed by atoms with van der Waals surface area (Å²) in [7, 11) is 0. The molecule has 1 heterocycles. The number of rotatable bonds is 4. The smallest absolute Gasteiger partial charge is 0.0870 e. The number of anilines is 1. The predicted molar refractivity (Wildman–Crippen MR) is 83.5 cm³/mol. The van der Waals surface area contributed by atoms with Gasteiger partial charge in [-0.3, -0.25) is 4.90 Å².